The van der Waals surface area contributed by atoms with Crippen molar-refractivity contribution in [1.82, 2.24) is 0 Å². The van der Waals surface area contributed by atoms with Crippen LogP contribution in [-0.4, -0.2) is 23.9 Å². The summed E-state index contributed by atoms with van der Waals surface area (Å²) in [6, 6.07) is 3.43. The highest BCUT2D eigenvalue weighted by molar-refractivity contribution is 7.15. The van der Waals surface area contributed by atoms with Crippen LogP contribution in [0.4, 0.5) is 5.00 Å². The van der Waals surface area contributed by atoms with Crippen LogP contribution in [0.3, 0.4) is 0 Å². The molecular formula is C18H20N2O4S2. The summed E-state index contributed by atoms with van der Waals surface area (Å²) in [5, 5.41) is 4.60. The van der Waals surface area contributed by atoms with E-state index in [0.717, 1.165) is 25.7 Å². The fourth-order valence-corrected chi connectivity index (χ4v) is 4.79. The minimum absolute atomic E-state index is 0.240. The highest BCUT2D eigenvalue weighted by atomic mass is 32.1. The molecule has 0 fully saturated rings. The number of anilines is 1. The molecule has 2 aromatic rings. The molecule has 0 bridgehead atoms. The number of thiophene rings is 2. The SMILES string of the molecule is CC(OC(=O)c1cc2c(s1)CCCCC2)C(=O)Nc1sccc1C(N)=O. The summed E-state index contributed by atoms with van der Waals surface area (Å²) in [7, 11) is 0. The lowest BCUT2D eigenvalue weighted by atomic mass is 10.1. The van der Waals surface area contributed by atoms with Crippen molar-refractivity contribution in [2.75, 3.05) is 5.32 Å². The molecule has 8 heteroatoms. The van der Waals surface area contributed by atoms with Gasteiger partial charge in [0.05, 0.1) is 5.56 Å². The van der Waals surface area contributed by atoms with E-state index in [4.69, 9.17) is 10.5 Å². The van der Waals surface area contributed by atoms with Crippen LogP contribution in [0.1, 0.15) is 56.7 Å². The molecule has 2 aromatic heterocycles. The maximum Gasteiger partial charge on any atom is 0.349 e. The third-order valence-electron chi connectivity index (χ3n) is 4.27. The van der Waals surface area contributed by atoms with E-state index in [1.54, 1.807) is 5.38 Å². The fourth-order valence-electron chi connectivity index (χ4n) is 2.85. The van der Waals surface area contributed by atoms with E-state index in [2.05, 4.69) is 5.32 Å². The van der Waals surface area contributed by atoms with Gasteiger partial charge in [0.1, 0.15) is 9.88 Å². The maximum absolute atomic E-state index is 12.4. The van der Waals surface area contributed by atoms with Gasteiger partial charge >= 0.3 is 5.97 Å². The number of hydrogen-bond acceptors (Lipinski definition) is 6. The molecule has 138 valence electrons. The summed E-state index contributed by atoms with van der Waals surface area (Å²) in [4.78, 5) is 37.7. The first-order valence-corrected chi connectivity index (χ1v) is 10.2. The van der Waals surface area contributed by atoms with Gasteiger partial charge in [0.2, 0.25) is 0 Å². The molecule has 2 heterocycles. The molecule has 1 unspecified atom stereocenters. The molecule has 0 spiro atoms. The minimum Gasteiger partial charge on any atom is -0.448 e. The quantitative estimate of drug-likeness (QED) is 0.602. The molecule has 0 saturated heterocycles. The molecule has 2 amide bonds. The van der Waals surface area contributed by atoms with Crippen LogP contribution in [0.25, 0.3) is 0 Å². The summed E-state index contributed by atoms with van der Waals surface area (Å²) >= 11 is 2.64. The Hall–Kier alpha value is -2.19. The number of esters is 1. The number of carbonyl (C=O) groups is 3. The molecule has 3 N–H and O–H groups in total. The van der Waals surface area contributed by atoms with Crippen molar-refractivity contribution < 1.29 is 19.1 Å². The number of ether oxygens (including phenoxy) is 1. The number of primary amides is 1. The van der Waals surface area contributed by atoms with Crippen molar-refractivity contribution in [3.63, 3.8) is 0 Å². The standard InChI is InChI=1S/C18H20N2O4S2/c1-10(16(22)20-17-12(15(19)21)7-8-25-17)24-18(23)14-9-11-5-3-2-4-6-13(11)26-14/h7-10H,2-6H2,1H3,(H2,19,21)(H,20,22). The summed E-state index contributed by atoms with van der Waals surface area (Å²) in [6.07, 6.45) is 4.51. The summed E-state index contributed by atoms with van der Waals surface area (Å²) in [6.45, 7) is 1.50. The molecule has 0 aromatic carbocycles. The van der Waals surface area contributed by atoms with Crippen molar-refractivity contribution >= 4 is 45.5 Å². The topological polar surface area (TPSA) is 98.5 Å². The third kappa shape index (κ3) is 4.13. The van der Waals surface area contributed by atoms with Gasteiger partial charge in [-0.05, 0) is 55.7 Å². The van der Waals surface area contributed by atoms with Crippen LogP contribution < -0.4 is 11.1 Å². The fraction of sp³-hybridized carbons (Fsp3) is 0.389. The van der Waals surface area contributed by atoms with Gasteiger partial charge in [0, 0.05) is 4.88 Å². The zero-order valence-corrected chi connectivity index (χ0v) is 16.0. The molecule has 1 aliphatic rings. The molecule has 1 atom stereocenters. The van der Waals surface area contributed by atoms with Crippen LogP contribution >= 0.6 is 22.7 Å². The lowest BCUT2D eigenvalue weighted by Crippen LogP contribution is -2.30. The van der Waals surface area contributed by atoms with Crippen molar-refractivity contribution in [2.45, 2.75) is 45.1 Å². The first-order chi connectivity index (χ1) is 12.5. The number of hydrogen-bond donors (Lipinski definition) is 2. The maximum atomic E-state index is 12.4. The Bertz CT molecular complexity index is 817. The lowest BCUT2D eigenvalue weighted by Gasteiger charge is -2.12. The second-order valence-corrected chi connectivity index (χ2v) is 8.24. The monoisotopic (exact) mass is 392 g/mol. The second kappa shape index (κ2) is 8.01. The van der Waals surface area contributed by atoms with E-state index in [0.29, 0.717) is 9.88 Å². The van der Waals surface area contributed by atoms with E-state index in [9.17, 15) is 14.4 Å². The molecule has 0 saturated carbocycles. The van der Waals surface area contributed by atoms with Gasteiger partial charge in [-0.25, -0.2) is 4.79 Å². The smallest absolute Gasteiger partial charge is 0.349 e. The Morgan fingerprint density at radius 2 is 2.00 bits per heavy atom. The molecule has 3 rings (SSSR count). The first kappa shape index (κ1) is 18.6. The van der Waals surface area contributed by atoms with Crippen molar-refractivity contribution in [3.8, 4) is 0 Å². The van der Waals surface area contributed by atoms with Crippen LogP contribution in [0.5, 0.6) is 0 Å². The van der Waals surface area contributed by atoms with E-state index in [1.165, 1.54) is 52.5 Å². The van der Waals surface area contributed by atoms with Crippen LogP contribution in [0.2, 0.25) is 0 Å². The number of fused-ring (bicyclic) bond motifs is 1. The third-order valence-corrected chi connectivity index (χ3v) is 6.32. The molecule has 0 radical (unpaired) electrons. The predicted molar refractivity (Wildman–Crippen MR) is 102 cm³/mol. The van der Waals surface area contributed by atoms with Gasteiger partial charge in [-0.1, -0.05) is 6.42 Å². The zero-order valence-electron chi connectivity index (χ0n) is 14.4. The number of nitrogens with two attached hydrogens (primary N) is 1. The molecular weight excluding hydrogens is 372 g/mol. The summed E-state index contributed by atoms with van der Waals surface area (Å²) < 4.78 is 5.30. The van der Waals surface area contributed by atoms with E-state index in [-0.39, 0.29) is 5.56 Å². The Kier molecular flexibility index (Phi) is 5.73. The highest BCUT2D eigenvalue weighted by Crippen LogP contribution is 2.29. The van der Waals surface area contributed by atoms with Crippen molar-refractivity contribution in [2.24, 2.45) is 5.73 Å². The predicted octanol–water partition coefficient (Wildman–Crippen LogP) is 3.36. The number of nitrogens with one attached hydrogen (secondary N) is 1. The molecule has 6 nitrogen and oxygen atoms in total. The normalized spacial score (nSPS) is 14.8. The van der Waals surface area contributed by atoms with E-state index < -0.39 is 23.9 Å². The minimum atomic E-state index is -0.979. The second-order valence-electron chi connectivity index (χ2n) is 6.18. The number of aryl methyl sites for hydroxylation is 2. The van der Waals surface area contributed by atoms with E-state index >= 15 is 0 Å². The van der Waals surface area contributed by atoms with Gasteiger partial charge in [-0.15, -0.1) is 22.7 Å². The first-order valence-electron chi connectivity index (χ1n) is 8.46. The van der Waals surface area contributed by atoms with Crippen molar-refractivity contribution in [3.05, 3.63) is 38.4 Å². The average molecular weight is 393 g/mol. The van der Waals surface area contributed by atoms with Crippen LogP contribution in [-0.2, 0) is 22.4 Å². The van der Waals surface area contributed by atoms with Crippen molar-refractivity contribution in [1.29, 1.82) is 0 Å². The molecule has 1 aliphatic carbocycles. The summed E-state index contributed by atoms with van der Waals surface area (Å²) in [5.41, 5.74) is 6.72. The molecule has 0 aliphatic heterocycles. The van der Waals surface area contributed by atoms with Crippen LogP contribution in [0.15, 0.2) is 17.5 Å². The average Bonchev–Trinajstić information content (AvgIpc) is 3.17. The van der Waals surface area contributed by atoms with Gasteiger partial charge in [0.25, 0.3) is 11.8 Å². The largest absolute Gasteiger partial charge is 0.448 e. The Morgan fingerprint density at radius 3 is 2.77 bits per heavy atom. The Labute approximate surface area is 159 Å². The Morgan fingerprint density at radius 1 is 1.23 bits per heavy atom. The zero-order chi connectivity index (χ0) is 18.7. The lowest BCUT2D eigenvalue weighted by molar-refractivity contribution is -0.123. The van der Waals surface area contributed by atoms with Gasteiger partial charge in [-0.3, -0.25) is 9.59 Å². The number of amides is 2. The molecule has 26 heavy (non-hydrogen) atoms. The highest BCUT2D eigenvalue weighted by Gasteiger charge is 2.23. The number of rotatable bonds is 5. The van der Waals surface area contributed by atoms with Crippen LogP contribution in [0, 0.1) is 0 Å². The van der Waals surface area contributed by atoms with Gasteiger partial charge < -0.3 is 15.8 Å². The summed E-state index contributed by atoms with van der Waals surface area (Å²) in [5.74, 6) is -1.61. The number of carbonyl (C=O) groups excluding carboxylic acids is 3. The van der Waals surface area contributed by atoms with E-state index in [1.807, 2.05) is 6.07 Å². The Balaban J connectivity index is 1.62. The van der Waals surface area contributed by atoms with Gasteiger partial charge in [-0.2, -0.15) is 0 Å². The van der Waals surface area contributed by atoms with Gasteiger partial charge in [0.15, 0.2) is 6.10 Å².